The van der Waals surface area contributed by atoms with E-state index in [-0.39, 0.29) is 30.1 Å². The predicted octanol–water partition coefficient (Wildman–Crippen LogP) is 3.76. The van der Waals surface area contributed by atoms with Crippen LogP contribution in [-0.4, -0.2) is 61.3 Å². The van der Waals surface area contributed by atoms with Gasteiger partial charge in [-0.2, -0.15) is 0 Å². The van der Waals surface area contributed by atoms with E-state index < -0.39 is 0 Å². The molecule has 0 aromatic heterocycles. The van der Waals surface area contributed by atoms with Gasteiger partial charge in [0.1, 0.15) is 0 Å². The van der Waals surface area contributed by atoms with Crippen LogP contribution in [0.2, 0.25) is 0 Å². The Labute approximate surface area is 178 Å². The second kappa shape index (κ2) is 18.3. The third kappa shape index (κ3) is 14.0. The Morgan fingerprint density at radius 3 is 2.27 bits per heavy atom. The average molecular weight is 482 g/mol. The minimum atomic E-state index is -0.0783. The number of halogens is 1. The number of likely N-dealkylation sites (tertiary alicyclic amines) is 1. The summed E-state index contributed by atoms with van der Waals surface area (Å²) in [6.07, 6.45) is 12.2. The molecule has 0 radical (unpaired) electrons. The molecule has 1 saturated heterocycles. The molecule has 0 unspecified atom stereocenters. The molecule has 1 heterocycles. The molecule has 0 aromatic rings. The third-order valence-corrected chi connectivity index (χ3v) is 4.88. The van der Waals surface area contributed by atoms with Gasteiger partial charge in [0, 0.05) is 32.7 Å². The summed E-state index contributed by atoms with van der Waals surface area (Å²) in [6, 6.07) is 0. The van der Waals surface area contributed by atoms with Gasteiger partial charge >= 0.3 is 0 Å². The zero-order valence-electron chi connectivity index (χ0n) is 17.1. The first-order chi connectivity index (χ1) is 12.3. The summed E-state index contributed by atoms with van der Waals surface area (Å²) < 4.78 is 0. The fourth-order valence-electron chi connectivity index (χ4n) is 3.26. The molecular formula is C20H43IN4O. The number of aliphatic hydroxyl groups is 1. The van der Waals surface area contributed by atoms with E-state index in [9.17, 15) is 5.11 Å². The van der Waals surface area contributed by atoms with Crippen LogP contribution in [-0.2, 0) is 0 Å². The van der Waals surface area contributed by atoms with Gasteiger partial charge in [0.25, 0.3) is 0 Å². The number of rotatable bonds is 13. The Morgan fingerprint density at radius 1 is 0.962 bits per heavy atom. The molecule has 1 aliphatic rings. The summed E-state index contributed by atoms with van der Waals surface area (Å²) in [7, 11) is 0. The second-order valence-corrected chi connectivity index (χ2v) is 7.24. The first-order valence-electron chi connectivity index (χ1n) is 10.7. The van der Waals surface area contributed by atoms with Gasteiger partial charge in [-0.05, 0) is 39.2 Å². The largest absolute Gasteiger partial charge is 0.393 e. The van der Waals surface area contributed by atoms with Crippen molar-refractivity contribution < 1.29 is 5.11 Å². The molecule has 0 aromatic carbocycles. The Bertz CT molecular complexity index is 334. The SMILES string of the molecule is CCCCCCCCCNC(=NCCCN1CCC(O)CC1)NCC.I. The van der Waals surface area contributed by atoms with E-state index in [1.54, 1.807) is 0 Å². The molecule has 0 atom stereocenters. The minimum absolute atomic E-state index is 0. The molecule has 0 aliphatic carbocycles. The van der Waals surface area contributed by atoms with Crippen molar-refractivity contribution in [3.05, 3.63) is 0 Å². The molecular weight excluding hydrogens is 439 g/mol. The van der Waals surface area contributed by atoms with E-state index in [2.05, 4.69) is 34.4 Å². The molecule has 0 bridgehead atoms. The number of aliphatic imine (C=N–C) groups is 1. The van der Waals surface area contributed by atoms with E-state index in [1.807, 2.05) is 0 Å². The molecule has 1 fully saturated rings. The highest BCUT2D eigenvalue weighted by Gasteiger charge is 2.15. The van der Waals surface area contributed by atoms with Crippen molar-refractivity contribution >= 4 is 29.9 Å². The molecule has 0 spiro atoms. The van der Waals surface area contributed by atoms with Crippen molar-refractivity contribution in [1.82, 2.24) is 15.5 Å². The van der Waals surface area contributed by atoms with Crippen LogP contribution in [0, 0.1) is 0 Å². The Balaban J connectivity index is 0.00000625. The van der Waals surface area contributed by atoms with Gasteiger partial charge in [-0.1, -0.05) is 45.4 Å². The lowest BCUT2D eigenvalue weighted by molar-refractivity contribution is 0.0824. The molecule has 0 saturated carbocycles. The van der Waals surface area contributed by atoms with Crippen LogP contribution in [0.15, 0.2) is 4.99 Å². The van der Waals surface area contributed by atoms with Crippen molar-refractivity contribution in [3.8, 4) is 0 Å². The van der Waals surface area contributed by atoms with Gasteiger partial charge in [-0.15, -0.1) is 24.0 Å². The minimum Gasteiger partial charge on any atom is -0.393 e. The molecule has 3 N–H and O–H groups in total. The molecule has 26 heavy (non-hydrogen) atoms. The molecule has 1 aliphatic heterocycles. The summed E-state index contributed by atoms with van der Waals surface area (Å²) in [5.41, 5.74) is 0. The maximum absolute atomic E-state index is 9.54. The number of guanidine groups is 1. The number of piperidine rings is 1. The first kappa shape index (κ1) is 25.9. The lowest BCUT2D eigenvalue weighted by Crippen LogP contribution is -2.38. The van der Waals surface area contributed by atoms with Crippen molar-refractivity contribution in [2.75, 3.05) is 39.3 Å². The summed E-state index contributed by atoms with van der Waals surface area (Å²) in [4.78, 5) is 7.14. The Kier molecular flexibility index (Phi) is 18.2. The van der Waals surface area contributed by atoms with E-state index in [1.165, 1.54) is 44.9 Å². The van der Waals surface area contributed by atoms with Crippen molar-refractivity contribution in [1.29, 1.82) is 0 Å². The van der Waals surface area contributed by atoms with Gasteiger partial charge in [0.15, 0.2) is 5.96 Å². The predicted molar refractivity (Wildman–Crippen MR) is 124 cm³/mol. The monoisotopic (exact) mass is 482 g/mol. The molecule has 156 valence electrons. The number of unbranched alkanes of at least 4 members (excludes halogenated alkanes) is 6. The van der Waals surface area contributed by atoms with Gasteiger partial charge in [-0.25, -0.2) is 0 Å². The third-order valence-electron chi connectivity index (χ3n) is 4.88. The summed E-state index contributed by atoms with van der Waals surface area (Å²) in [5, 5.41) is 16.3. The van der Waals surface area contributed by atoms with E-state index in [4.69, 9.17) is 0 Å². The quantitative estimate of drug-likeness (QED) is 0.162. The van der Waals surface area contributed by atoms with E-state index in [0.717, 1.165) is 64.5 Å². The molecule has 6 heteroatoms. The van der Waals surface area contributed by atoms with Crippen molar-refractivity contribution in [2.24, 2.45) is 4.99 Å². The van der Waals surface area contributed by atoms with Gasteiger partial charge in [0.05, 0.1) is 6.10 Å². The van der Waals surface area contributed by atoms with Crippen LogP contribution in [0.4, 0.5) is 0 Å². The van der Waals surface area contributed by atoms with Crippen LogP contribution in [0.1, 0.15) is 78.1 Å². The fourth-order valence-corrected chi connectivity index (χ4v) is 3.26. The number of nitrogens with zero attached hydrogens (tertiary/aromatic N) is 2. The molecule has 5 nitrogen and oxygen atoms in total. The highest BCUT2D eigenvalue weighted by atomic mass is 127. The van der Waals surface area contributed by atoms with Gasteiger partial charge < -0.3 is 20.6 Å². The highest BCUT2D eigenvalue weighted by Crippen LogP contribution is 2.10. The number of aliphatic hydroxyl groups excluding tert-OH is 1. The normalized spacial score (nSPS) is 16.3. The summed E-state index contributed by atoms with van der Waals surface area (Å²) in [5.74, 6) is 0.961. The smallest absolute Gasteiger partial charge is 0.191 e. The zero-order chi connectivity index (χ0) is 18.2. The number of hydrogen-bond acceptors (Lipinski definition) is 3. The number of hydrogen-bond donors (Lipinski definition) is 3. The second-order valence-electron chi connectivity index (χ2n) is 7.24. The lowest BCUT2D eigenvalue weighted by atomic mass is 10.1. The van der Waals surface area contributed by atoms with Gasteiger partial charge in [-0.3, -0.25) is 4.99 Å². The lowest BCUT2D eigenvalue weighted by Gasteiger charge is -2.29. The maximum atomic E-state index is 9.54. The first-order valence-corrected chi connectivity index (χ1v) is 10.7. The summed E-state index contributed by atoms with van der Waals surface area (Å²) in [6.45, 7) is 10.3. The Hall–Kier alpha value is -0.0800. The van der Waals surface area contributed by atoms with Crippen LogP contribution >= 0.6 is 24.0 Å². The topological polar surface area (TPSA) is 59.9 Å². The van der Waals surface area contributed by atoms with E-state index >= 15 is 0 Å². The van der Waals surface area contributed by atoms with E-state index in [0.29, 0.717) is 0 Å². The standard InChI is InChI=1S/C20H42N4O.HI/c1-3-5-6-7-8-9-10-14-22-20(21-4-2)23-15-11-16-24-17-12-19(25)13-18-24;/h19,25H,3-18H2,1-2H3,(H2,21,22,23);1H. The average Bonchev–Trinajstić information content (AvgIpc) is 2.62. The van der Waals surface area contributed by atoms with Crippen LogP contribution in [0.5, 0.6) is 0 Å². The van der Waals surface area contributed by atoms with Crippen LogP contribution in [0.25, 0.3) is 0 Å². The zero-order valence-corrected chi connectivity index (χ0v) is 19.5. The summed E-state index contributed by atoms with van der Waals surface area (Å²) >= 11 is 0. The van der Waals surface area contributed by atoms with Crippen molar-refractivity contribution in [3.63, 3.8) is 0 Å². The molecule has 0 amide bonds. The molecule has 1 rings (SSSR count). The fraction of sp³-hybridized carbons (Fsp3) is 0.950. The van der Waals surface area contributed by atoms with Gasteiger partial charge in [0.2, 0.25) is 0 Å². The Morgan fingerprint density at radius 2 is 1.62 bits per heavy atom. The number of nitrogens with one attached hydrogen (secondary N) is 2. The van der Waals surface area contributed by atoms with Crippen molar-refractivity contribution in [2.45, 2.75) is 84.2 Å². The highest BCUT2D eigenvalue weighted by molar-refractivity contribution is 14.0. The maximum Gasteiger partial charge on any atom is 0.191 e. The van der Waals surface area contributed by atoms with Crippen LogP contribution in [0.3, 0.4) is 0 Å². The van der Waals surface area contributed by atoms with Crippen LogP contribution < -0.4 is 10.6 Å².